The molecule has 0 fully saturated rings. The van der Waals surface area contributed by atoms with Gasteiger partial charge in [0.1, 0.15) is 0 Å². The summed E-state index contributed by atoms with van der Waals surface area (Å²) in [6.07, 6.45) is 6.19. The van der Waals surface area contributed by atoms with Gasteiger partial charge in [-0.3, -0.25) is 4.90 Å². The van der Waals surface area contributed by atoms with Crippen molar-refractivity contribution in [3.63, 3.8) is 0 Å². The summed E-state index contributed by atoms with van der Waals surface area (Å²) in [6, 6.07) is 34.9. The lowest BCUT2D eigenvalue weighted by Crippen LogP contribution is -2.26. The molecule has 0 saturated carbocycles. The minimum absolute atomic E-state index is 0. The Balaban J connectivity index is -0.000000621. The second kappa shape index (κ2) is 34.9. The van der Waals surface area contributed by atoms with E-state index in [0.717, 1.165) is 26.2 Å². The van der Waals surface area contributed by atoms with Crippen molar-refractivity contribution in [3.8, 4) is 0 Å². The molecule has 0 radical (unpaired) electrons. The lowest BCUT2D eigenvalue weighted by Gasteiger charge is -2.24. The van der Waals surface area contributed by atoms with Crippen LogP contribution in [0.2, 0.25) is 0 Å². The van der Waals surface area contributed by atoms with E-state index in [9.17, 15) is 0 Å². The number of rotatable bonds is 0. The molecule has 8 rings (SSSR count). The smallest absolute Gasteiger partial charge is 0.0237 e. The van der Waals surface area contributed by atoms with Gasteiger partial charge < -0.3 is 14.7 Å². The monoisotopic (exact) mass is 771 g/mol. The molecule has 4 nitrogen and oxygen atoms in total. The zero-order valence-electron chi connectivity index (χ0n) is 36.2. The van der Waals surface area contributed by atoms with Gasteiger partial charge in [0.05, 0.1) is 0 Å². The quantitative estimate of drug-likeness (QED) is 0.177. The fourth-order valence-corrected chi connectivity index (χ4v) is 6.78. The summed E-state index contributed by atoms with van der Waals surface area (Å²) in [5.74, 6) is 0. The van der Waals surface area contributed by atoms with E-state index in [1.807, 2.05) is 55.4 Å². The Morgan fingerprint density at radius 2 is 0.518 bits per heavy atom. The summed E-state index contributed by atoms with van der Waals surface area (Å²) >= 11 is 0. The summed E-state index contributed by atoms with van der Waals surface area (Å²) in [5, 5.41) is 0. The van der Waals surface area contributed by atoms with Crippen LogP contribution in [0.5, 0.6) is 0 Å². The van der Waals surface area contributed by atoms with E-state index in [4.69, 9.17) is 0 Å². The fraction of sp³-hybridized carbons (Fsp3) is 0.538. The summed E-state index contributed by atoms with van der Waals surface area (Å²) in [5.41, 5.74) is 12.2. The van der Waals surface area contributed by atoms with Crippen LogP contribution in [0.4, 0.5) is 0 Å². The van der Waals surface area contributed by atoms with Crippen molar-refractivity contribution in [1.82, 2.24) is 19.6 Å². The van der Waals surface area contributed by atoms with E-state index < -0.39 is 0 Å². The predicted octanol–water partition coefficient (Wildman–Crippen LogP) is 13.1. The van der Waals surface area contributed by atoms with Crippen LogP contribution in [0.1, 0.15) is 129 Å². The van der Waals surface area contributed by atoms with Crippen molar-refractivity contribution in [3.05, 3.63) is 142 Å². The summed E-state index contributed by atoms with van der Waals surface area (Å²) in [7, 11) is 8.73. The fourth-order valence-electron chi connectivity index (χ4n) is 6.78. The maximum Gasteiger partial charge on any atom is 0.0237 e. The first-order valence-electron chi connectivity index (χ1n) is 21.0. The molecule has 0 amide bonds. The molecule has 0 atom stereocenters. The highest BCUT2D eigenvalue weighted by molar-refractivity contribution is 5.31. The van der Waals surface area contributed by atoms with Crippen molar-refractivity contribution < 1.29 is 0 Å². The molecule has 4 aromatic carbocycles. The Bertz CT molecular complexity index is 1430. The van der Waals surface area contributed by atoms with E-state index in [0.29, 0.717) is 0 Å². The molecular formula is C52H90N4. The van der Waals surface area contributed by atoms with Gasteiger partial charge in [0.15, 0.2) is 0 Å². The number of fused-ring (bicyclic) bond motifs is 4. The molecule has 4 aromatic rings. The van der Waals surface area contributed by atoms with Crippen LogP contribution in [-0.4, -0.2) is 74.0 Å². The van der Waals surface area contributed by atoms with E-state index in [2.05, 4.69) is 145 Å². The second-order valence-corrected chi connectivity index (χ2v) is 13.4. The molecule has 0 bridgehead atoms. The van der Waals surface area contributed by atoms with Gasteiger partial charge in [0.25, 0.3) is 0 Å². The third-order valence-corrected chi connectivity index (χ3v) is 9.51. The lowest BCUT2D eigenvalue weighted by molar-refractivity contribution is 0.313. The molecule has 4 heteroatoms. The van der Waals surface area contributed by atoms with Gasteiger partial charge in [-0.2, -0.15) is 0 Å². The van der Waals surface area contributed by atoms with Gasteiger partial charge in [-0.15, -0.1) is 0 Å². The van der Waals surface area contributed by atoms with Crippen molar-refractivity contribution in [1.29, 1.82) is 0 Å². The zero-order chi connectivity index (χ0) is 39.4. The first-order chi connectivity index (χ1) is 25.9. The average molecular weight is 771 g/mol. The van der Waals surface area contributed by atoms with E-state index in [-0.39, 0.29) is 22.3 Å². The highest BCUT2D eigenvalue weighted by atomic mass is 15.1. The minimum Gasteiger partial charge on any atom is -0.306 e. The Hall–Kier alpha value is -3.28. The summed E-state index contributed by atoms with van der Waals surface area (Å²) in [4.78, 5) is 9.48. The van der Waals surface area contributed by atoms with Gasteiger partial charge in [-0.1, -0.05) is 175 Å². The normalized spacial score (nSPS) is 14.9. The number of benzene rings is 4. The molecule has 318 valence electrons. The number of likely N-dealkylation sites (N-methyl/N-ethyl adjacent to an activating group) is 2. The SMILES string of the molecule is C.C.C.CC.CC.CC.CC.CN1CCCc2ccccc2C1.CN1CCc2ccccc2C1.CN1CCc2ccccc2CC1.CN1Cc2ccccc2C1. The molecule has 4 aliphatic heterocycles. The second-order valence-electron chi connectivity index (χ2n) is 13.4. The maximum atomic E-state index is 2.40. The Morgan fingerprint density at radius 1 is 0.286 bits per heavy atom. The Labute approximate surface area is 350 Å². The molecule has 0 N–H and O–H groups in total. The molecule has 0 unspecified atom stereocenters. The maximum absolute atomic E-state index is 2.40. The lowest BCUT2D eigenvalue weighted by atomic mass is 10.0. The zero-order valence-corrected chi connectivity index (χ0v) is 36.2. The van der Waals surface area contributed by atoms with Crippen LogP contribution < -0.4 is 0 Å². The first kappa shape index (κ1) is 57.0. The third kappa shape index (κ3) is 20.8. The van der Waals surface area contributed by atoms with Crippen LogP contribution in [-0.2, 0) is 51.9 Å². The molecule has 0 spiro atoms. The molecule has 4 heterocycles. The topological polar surface area (TPSA) is 13.0 Å². The number of aryl methyl sites for hydroxylation is 1. The van der Waals surface area contributed by atoms with Crippen LogP contribution >= 0.6 is 0 Å². The van der Waals surface area contributed by atoms with E-state index in [1.165, 1.54) is 86.1 Å². The Kier molecular flexibility index (Phi) is 35.6. The van der Waals surface area contributed by atoms with Gasteiger partial charge in [-0.05, 0) is 111 Å². The van der Waals surface area contributed by atoms with Crippen molar-refractivity contribution >= 4 is 0 Å². The highest BCUT2D eigenvalue weighted by Gasteiger charge is 2.14. The minimum atomic E-state index is 0. The third-order valence-electron chi connectivity index (χ3n) is 9.51. The van der Waals surface area contributed by atoms with Crippen LogP contribution in [0.25, 0.3) is 0 Å². The van der Waals surface area contributed by atoms with E-state index in [1.54, 1.807) is 16.7 Å². The molecule has 0 aliphatic carbocycles. The van der Waals surface area contributed by atoms with Gasteiger partial charge in [0, 0.05) is 45.8 Å². The van der Waals surface area contributed by atoms with Crippen LogP contribution in [0.3, 0.4) is 0 Å². The van der Waals surface area contributed by atoms with Gasteiger partial charge >= 0.3 is 0 Å². The Morgan fingerprint density at radius 3 is 0.875 bits per heavy atom. The van der Waals surface area contributed by atoms with Crippen molar-refractivity contribution in [2.45, 2.75) is 136 Å². The number of hydrogen-bond acceptors (Lipinski definition) is 4. The highest BCUT2D eigenvalue weighted by Crippen LogP contribution is 2.20. The standard InChI is InChI=1S/2C11H15N.C10H13N.C9H11N.4C2H6.3CH4/c1-12-8-4-7-10-5-2-3-6-11(10)9-12;1-12-8-6-10-4-2-3-5-11(10)7-9-12;1-11-7-6-9-4-2-3-5-10(9)8-11;1-10-6-8-4-2-3-5-9(8)7-10;4*1-2;;;/h2-3,5-6H,4,7-9H2,1H3;2-5H,6-9H2,1H3;2-5H,6-8H2,1H3;2-5H,6-7H2,1H3;4*1-2H3;3*1H4. The number of nitrogens with zero attached hydrogens (tertiary/aromatic N) is 4. The van der Waals surface area contributed by atoms with Gasteiger partial charge in [-0.25, -0.2) is 0 Å². The van der Waals surface area contributed by atoms with Crippen molar-refractivity contribution in [2.75, 3.05) is 54.4 Å². The molecule has 0 aromatic heterocycles. The summed E-state index contributed by atoms with van der Waals surface area (Å²) < 4.78 is 0. The first-order valence-corrected chi connectivity index (χ1v) is 21.0. The summed E-state index contributed by atoms with van der Waals surface area (Å²) in [6.45, 7) is 25.3. The van der Waals surface area contributed by atoms with Gasteiger partial charge in [0.2, 0.25) is 0 Å². The van der Waals surface area contributed by atoms with Crippen molar-refractivity contribution in [2.24, 2.45) is 0 Å². The average Bonchev–Trinajstić information content (AvgIpc) is 3.35. The predicted molar refractivity (Wildman–Crippen MR) is 256 cm³/mol. The van der Waals surface area contributed by atoms with Crippen LogP contribution in [0, 0.1) is 0 Å². The molecular weight excluding hydrogens is 681 g/mol. The van der Waals surface area contributed by atoms with E-state index >= 15 is 0 Å². The van der Waals surface area contributed by atoms with Crippen LogP contribution in [0.15, 0.2) is 97.1 Å². The number of hydrogen-bond donors (Lipinski definition) is 0. The molecule has 0 saturated heterocycles. The molecule has 4 aliphatic rings. The molecule has 56 heavy (non-hydrogen) atoms. The largest absolute Gasteiger partial charge is 0.306 e.